The van der Waals surface area contributed by atoms with Crippen LogP contribution in [0.3, 0.4) is 0 Å². The summed E-state index contributed by atoms with van der Waals surface area (Å²) in [6, 6.07) is 0.770. The van der Waals surface area contributed by atoms with Gasteiger partial charge in [0.1, 0.15) is 0 Å². The molecule has 1 aliphatic heterocycles. The van der Waals surface area contributed by atoms with Gasteiger partial charge in [0.2, 0.25) is 0 Å². The maximum atomic E-state index is 3.84. The summed E-state index contributed by atoms with van der Waals surface area (Å²) in [7, 11) is 0. The fraction of sp³-hybridized carbons (Fsp3) is 1.00. The van der Waals surface area contributed by atoms with E-state index in [1.807, 2.05) is 0 Å². The van der Waals surface area contributed by atoms with Gasteiger partial charge in [-0.05, 0) is 69.5 Å². The zero-order chi connectivity index (χ0) is 14.4. The van der Waals surface area contributed by atoms with E-state index in [0.717, 1.165) is 12.0 Å². The predicted octanol–water partition coefficient (Wildman–Crippen LogP) is 4.06. The lowest BCUT2D eigenvalue weighted by Crippen LogP contribution is -2.48. The number of nitrogens with one attached hydrogen (secondary N) is 1. The molecule has 118 valence electrons. The maximum absolute atomic E-state index is 3.84. The van der Waals surface area contributed by atoms with E-state index in [1.165, 1.54) is 77.5 Å². The van der Waals surface area contributed by atoms with Crippen LogP contribution in [0.15, 0.2) is 0 Å². The van der Waals surface area contributed by atoms with Crippen molar-refractivity contribution >= 4 is 0 Å². The quantitative estimate of drug-likeness (QED) is 0.817. The van der Waals surface area contributed by atoms with Gasteiger partial charge in [-0.25, -0.2) is 0 Å². The topological polar surface area (TPSA) is 15.3 Å². The van der Waals surface area contributed by atoms with Crippen molar-refractivity contribution in [2.75, 3.05) is 26.2 Å². The highest BCUT2D eigenvalue weighted by Crippen LogP contribution is 2.39. The van der Waals surface area contributed by atoms with E-state index < -0.39 is 0 Å². The smallest absolute Gasteiger partial charge is 0.0108 e. The van der Waals surface area contributed by atoms with Gasteiger partial charge in [0.15, 0.2) is 0 Å². The SMILES string of the molecule is CCCNC1CCC(C)(C)CC1CN1CCCCCC1. The molecule has 2 rings (SSSR count). The average molecular weight is 280 g/mol. The monoisotopic (exact) mass is 280 g/mol. The molecule has 1 saturated heterocycles. The number of hydrogen-bond donors (Lipinski definition) is 1. The molecule has 0 aromatic rings. The zero-order valence-corrected chi connectivity index (χ0v) is 14.1. The van der Waals surface area contributed by atoms with Gasteiger partial charge in [0.05, 0.1) is 0 Å². The highest BCUT2D eigenvalue weighted by Gasteiger charge is 2.35. The van der Waals surface area contributed by atoms with Gasteiger partial charge in [-0.3, -0.25) is 0 Å². The van der Waals surface area contributed by atoms with Gasteiger partial charge in [0.25, 0.3) is 0 Å². The normalized spacial score (nSPS) is 31.9. The Morgan fingerprint density at radius 1 is 1.10 bits per heavy atom. The number of likely N-dealkylation sites (tertiary alicyclic amines) is 1. The predicted molar refractivity (Wildman–Crippen MR) is 88.1 cm³/mol. The Hall–Kier alpha value is -0.0800. The van der Waals surface area contributed by atoms with Crippen LogP contribution in [0.4, 0.5) is 0 Å². The molecule has 2 fully saturated rings. The lowest BCUT2D eigenvalue weighted by Gasteiger charge is -2.43. The highest BCUT2D eigenvalue weighted by molar-refractivity contribution is 4.90. The Labute approximate surface area is 126 Å². The van der Waals surface area contributed by atoms with Gasteiger partial charge in [-0.2, -0.15) is 0 Å². The fourth-order valence-corrected chi connectivity index (χ4v) is 4.18. The number of hydrogen-bond acceptors (Lipinski definition) is 2. The largest absolute Gasteiger partial charge is 0.314 e. The molecule has 1 heterocycles. The molecule has 2 unspecified atom stereocenters. The van der Waals surface area contributed by atoms with Crippen molar-refractivity contribution in [3.8, 4) is 0 Å². The second kappa shape index (κ2) is 7.79. The molecule has 2 nitrogen and oxygen atoms in total. The Morgan fingerprint density at radius 3 is 2.45 bits per heavy atom. The molecule has 0 aromatic heterocycles. The first-order valence-corrected chi connectivity index (χ1v) is 9.06. The minimum absolute atomic E-state index is 0.556. The molecule has 1 saturated carbocycles. The van der Waals surface area contributed by atoms with Gasteiger partial charge < -0.3 is 10.2 Å². The van der Waals surface area contributed by atoms with Crippen LogP contribution in [0.25, 0.3) is 0 Å². The Morgan fingerprint density at radius 2 is 1.80 bits per heavy atom. The summed E-state index contributed by atoms with van der Waals surface area (Å²) in [4.78, 5) is 2.76. The lowest BCUT2D eigenvalue weighted by atomic mass is 9.69. The first-order chi connectivity index (χ1) is 9.61. The molecular formula is C18H36N2. The molecule has 0 radical (unpaired) electrons. The summed E-state index contributed by atoms with van der Waals surface area (Å²) in [6.07, 6.45) is 11.2. The van der Waals surface area contributed by atoms with Crippen LogP contribution in [0, 0.1) is 11.3 Å². The summed E-state index contributed by atoms with van der Waals surface area (Å²) in [5, 5.41) is 3.84. The van der Waals surface area contributed by atoms with E-state index in [1.54, 1.807) is 0 Å². The standard InChI is InChI=1S/C18H36N2/c1-4-11-19-17-9-10-18(2,3)14-16(17)15-20-12-7-5-6-8-13-20/h16-17,19H,4-15H2,1-3H3. The summed E-state index contributed by atoms with van der Waals surface area (Å²) >= 11 is 0. The van der Waals surface area contributed by atoms with Crippen molar-refractivity contribution < 1.29 is 0 Å². The highest BCUT2D eigenvalue weighted by atomic mass is 15.1. The first kappa shape index (κ1) is 16.3. The van der Waals surface area contributed by atoms with Crippen LogP contribution < -0.4 is 5.32 Å². The van der Waals surface area contributed by atoms with E-state index in [9.17, 15) is 0 Å². The van der Waals surface area contributed by atoms with E-state index in [4.69, 9.17) is 0 Å². The molecule has 0 aromatic carbocycles. The third kappa shape index (κ3) is 5.04. The zero-order valence-electron chi connectivity index (χ0n) is 14.1. The summed E-state index contributed by atoms with van der Waals surface area (Å²) < 4.78 is 0. The van der Waals surface area contributed by atoms with E-state index in [2.05, 4.69) is 31.0 Å². The Balaban J connectivity index is 1.91. The van der Waals surface area contributed by atoms with Crippen molar-refractivity contribution in [3.63, 3.8) is 0 Å². The average Bonchev–Trinajstić information content (AvgIpc) is 2.66. The summed E-state index contributed by atoms with van der Waals surface area (Å²) in [5.74, 6) is 0.864. The van der Waals surface area contributed by atoms with Gasteiger partial charge >= 0.3 is 0 Å². The molecule has 2 heteroatoms. The van der Waals surface area contributed by atoms with Crippen LogP contribution in [0.5, 0.6) is 0 Å². The van der Waals surface area contributed by atoms with Crippen molar-refractivity contribution in [1.82, 2.24) is 10.2 Å². The minimum atomic E-state index is 0.556. The van der Waals surface area contributed by atoms with E-state index in [-0.39, 0.29) is 0 Å². The van der Waals surface area contributed by atoms with E-state index >= 15 is 0 Å². The molecule has 0 amide bonds. The van der Waals surface area contributed by atoms with Crippen molar-refractivity contribution in [2.24, 2.45) is 11.3 Å². The van der Waals surface area contributed by atoms with Crippen LogP contribution in [0.2, 0.25) is 0 Å². The third-order valence-electron chi connectivity index (χ3n) is 5.36. The lowest BCUT2D eigenvalue weighted by molar-refractivity contribution is 0.101. The van der Waals surface area contributed by atoms with Gasteiger partial charge in [-0.1, -0.05) is 33.6 Å². The fourth-order valence-electron chi connectivity index (χ4n) is 4.18. The maximum Gasteiger partial charge on any atom is 0.0108 e. The molecule has 2 atom stereocenters. The second-order valence-electron chi connectivity index (χ2n) is 7.94. The van der Waals surface area contributed by atoms with Crippen LogP contribution in [-0.4, -0.2) is 37.1 Å². The molecule has 1 N–H and O–H groups in total. The summed E-state index contributed by atoms with van der Waals surface area (Å²) in [5.41, 5.74) is 0.556. The van der Waals surface area contributed by atoms with Crippen molar-refractivity contribution in [1.29, 1.82) is 0 Å². The molecule has 20 heavy (non-hydrogen) atoms. The molecular weight excluding hydrogens is 244 g/mol. The third-order valence-corrected chi connectivity index (χ3v) is 5.36. The first-order valence-electron chi connectivity index (χ1n) is 9.06. The molecule has 1 aliphatic carbocycles. The van der Waals surface area contributed by atoms with Gasteiger partial charge in [0, 0.05) is 12.6 Å². The van der Waals surface area contributed by atoms with Crippen LogP contribution in [0.1, 0.15) is 72.1 Å². The molecule has 0 bridgehead atoms. The Bertz CT molecular complexity index is 267. The molecule has 2 aliphatic rings. The summed E-state index contributed by atoms with van der Waals surface area (Å²) in [6.45, 7) is 12.4. The van der Waals surface area contributed by atoms with Crippen LogP contribution >= 0.6 is 0 Å². The Kier molecular flexibility index (Phi) is 6.35. The van der Waals surface area contributed by atoms with Crippen LogP contribution in [-0.2, 0) is 0 Å². The molecule has 0 spiro atoms. The number of rotatable bonds is 5. The van der Waals surface area contributed by atoms with Crippen molar-refractivity contribution in [3.05, 3.63) is 0 Å². The van der Waals surface area contributed by atoms with Gasteiger partial charge in [-0.15, -0.1) is 0 Å². The van der Waals surface area contributed by atoms with Crippen molar-refractivity contribution in [2.45, 2.75) is 78.2 Å². The van der Waals surface area contributed by atoms with E-state index in [0.29, 0.717) is 5.41 Å². The minimum Gasteiger partial charge on any atom is -0.314 e. The second-order valence-corrected chi connectivity index (χ2v) is 7.94. The number of nitrogens with zero attached hydrogens (tertiary/aromatic N) is 1.